The fourth-order valence-electron chi connectivity index (χ4n) is 2.60. The molecule has 1 aliphatic rings. The number of benzene rings is 1. The molecule has 1 N–H and O–H groups in total. The molecule has 0 spiro atoms. The predicted octanol–water partition coefficient (Wildman–Crippen LogP) is 2.14. The van der Waals surface area contributed by atoms with Gasteiger partial charge in [-0.3, -0.25) is 15.1 Å². The maximum Gasteiger partial charge on any atom is 0.260 e. The summed E-state index contributed by atoms with van der Waals surface area (Å²) in [5.41, 5.74) is 1.64. The van der Waals surface area contributed by atoms with E-state index < -0.39 is 4.92 Å². The third-order valence-corrected chi connectivity index (χ3v) is 3.75. The number of imidazole rings is 1. The van der Waals surface area contributed by atoms with Gasteiger partial charge in [-0.15, -0.1) is 0 Å². The van der Waals surface area contributed by atoms with Crippen LogP contribution in [0.4, 0.5) is 5.69 Å². The molecular formula is C17H21N5O4. The third kappa shape index (κ3) is 4.95. The van der Waals surface area contributed by atoms with Crippen LogP contribution in [0, 0.1) is 17.0 Å². The van der Waals surface area contributed by atoms with E-state index in [0.717, 1.165) is 18.7 Å². The lowest BCUT2D eigenvalue weighted by atomic mass is 10.2. The number of aliphatic imine (C=N–C) groups is 1. The normalized spacial score (nSPS) is 13.5. The van der Waals surface area contributed by atoms with Crippen LogP contribution in [0.1, 0.15) is 12.1 Å². The number of rotatable bonds is 7. The first-order valence-electron chi connectivity index (χ1n) is 8.40. The van der Waals surface area contributed by atoms with Gasteiger partial charge in [0.05, 0.1) is 12.0 Å². The van der Waals surface area contributed by atoms with Crippen molar-refractivity contribution in [1.82, 2.24) is 9.55 Å². The van der Waals surface area contributed by atoms with Crippen LogP contribution < -0.4 is 14.8 Å². The Labute approximate surface area is 150 Å². The number of nitro groups is 1. The molecule has 9 nitrogen and oxygen atoms in total. The van der Waals surface area contributed by atoms with Crippen molar-refractivity contribution in [1.29, 1.82) is 0 Å². The molecule has 1 aliphatic heterocycles. The zero-order valence-corrected chi connectivity index (χ0v) is 14.6. The maximum atomic E-state index is 10.9. The van der Waals surface area contributed by atoms with Crippen molar-refractivity contribution in [2.24, 2.45) is 4.99 Å². The molecular weight excluding hydrogens is 338 g/mol. The Kier molecular flexibility index (Phi) is 5.67. The topological polar surface area (TPSA) is 104 Å². The van der Waals surface area contributed by atoms with Gasteiger partial charge in [-0.1, -0.05) is 0 Å². The monoisotopic (exact) mass is 359 g/mol. The molecule has 0 saturated heterocycles. The Morgan fingerprint density at radius 3 is 2.92 bits per heavy atom. The average Bonchev–Trinajstić information content (AvgIpc) is 3.03. The summed E-state index contributed by atoms with van der Waals surface area (Å²) in [4.78, 5) is 19.0. The molecule has 0 bridgehead atoms. The van der Waals surface area contributed by atoms with Crippen molar-refractivity contribution in [2.45, 2.75) is 19.9 Å². The molecule has 0 aliphatic carbocycles. The molecule has 26 heavy (non-hydrogen) atoms. The van der Waals surface area contributed by atoms with Gasteiger partial charge in [0.2, 0.25) is 0 Å². The van der Waals surface area contributed by atoms with E-state index in [0.29, 0.717) is 42.8 Å². The summed E-state index contributed by atoms with van der Waals surface area (Å²) in [5.74, 6) is 1.61. The van der Waals surface area contributed by atoms with Crippen LogP contribution in [0.3, 0.4) is 0 Å². The van der Waals surface area contributed by atoms with Crippen molar-refractivity contribution in [3.05, 3.63) is 46.5 Å². The average molecular weight is 359 g/mol. The van der Waals surface area contributed by atoms with Crippen molar-refractivity contribution in [2.75, 3.05) is 31.6 Å². The summed E-state index contributed by atoms with van der Waals surface area (Å²) in [7, 11) is 0. The van der Waals surface area contributed by atoms with Crippen LogP contribution in [0.25, 0.3) is 0 Å². The summed E-state index contributed by atoms with van der Waals surface area (Å²) in [5, 5.41) is 13.9. The van der Waals surface area contributed by atoms with Crippen LogP contribution in [-0.2, 0) is 6.54 Å². The number of fused-ring (bicyclic) bond motifs is 1. The maximum absolute atomic E-state index is 10.9. The zero-order valence-electron chi connectivity index (χ0n) is 14.6. The smallest absolute Gasteiger partial charge is 0.260 e. The van der Waals surface area contributed by atoms with Crippen molar-refractivity contribution >= 4 is 11.5 Å². The highest BCUT2D eigenvalue weighted by Gasteiger charge is 2.14. The van der Waals surface area contributed by atoms with Gasteiger partial charge in [-0.2, -0.15) is 0 Å². The second-order valence-electron chi connectivity index (χ2n) is 5.91. The predicted molar refractivity (Wildman–Crippen MR) is 96.8 cm³/mol. The molecule has 0 saturated carbocycles. The van der Waals surface area contributed by atoms with E-state index in [4.69, 9.17) is 9.47 Å². The summed E-state index contributed by atoms with van der Waals surface area (Å²) in [6, 6.07) is 5.33. The number of aromatic nitrogens is 2. The number of nitrogens with one attached hydrogen (secondary N) is 1. The van der Waals surface area contributed by atoms with Gasteiger partial charge in [0, 0.05) is 36.0 Å². The Hall–Kier alpha value is -3.10. The van der Waals surface area contributed by atoms with Gasteiger partial charge in [0.1, 0.15) is 13.2 Å². The van der Waals surface area contributed by atoms with Gasteiger partial charge < -0.3 is 19.4 Å². The molecule has 1 aromatic heterocycles. The van der Waals surface area contributed by atoms with Gasteiger partial charge >= 0.3 is 0 Å². The van der Waals surface area contributed by atoms with E-state index >= 15 is 0 Å². The van der Waals surface area contributed by atoms with Crippen LogP contribution in [-0.4, -0.2) is 46.6 Å². The second-order valence-corrected chi connectivity index (χ2v) is 5.91. The molecule has 3 rings (SSSR count). The van der Waals surface area contributed by atoms with Gasteiger partial charge in [0.15, 0.2) is 17.3 Å². The fourth-order valence-corrected chi connectivity index (χ4v) is 2.60. The van der Waals surface area contributed by atoms with E-state index in [9.17, 15) is 10.1 Å². The lowest BCUT2D eigenvalue weighted by molar-refractivity contribution is -0.463. The Balaban J connectivity index is 1.60. The van der Waals surface area contributed by atoms with Crippen LogP contribution >= 0.6 is 0 Å². The van der Waals surface area contributed by atoms with Gasteiger partial charge in [-0.05, 0) is 25.5 Å². The highest BCUT2D eigenvalue weighted by Crippen LogP contribution is 2.32. The van der Waals surface area contributed by atoms with E-state index in [1.165, 1.54) is 0 Å². The van der Waals surface area contributed by atoms with Crippen LogP contribution in [0.5, 0.6) is 11.5 Å². The number of hydrogen-bond donors (Lipinski definition) is 1. The minimum Gasteiger partial charge on any atom is -0.486 e. The first kappa shape index (κ1) is 17.7. The molecule has 0 fully saturated rings. The van der Waals surface area contributed by atoms with Crippen LogP contribution in [0.2, 0.25) is 0 Å². The highest BCUT2D eigenvalue weighted by molar-refractivity contribution is 5.96. The minimum atomic E-state index is -0.400. The SMILES string of the molecule is Cc1cn(CCCN=C(C[N+](=O)[O-])Nc2ccc3c(c2)OCCO3)cn1. The molecule has 1 aromatic carbocycles. The van der Waals surface area contributed by atoms with Crippen molar-refractivity contribution in [3.63, 3.8) is 0 Å². The molecule has 2 heterocycles. The fraction of sp³-hybridized carbons (Fsp3) is 0.412. The Bertz CT molecular complexity index is 802. The number of ether oxygens (including phenoxy) is 2. The molecule has 0 radical (unpaired) electrons. The lowest BCUT2D eigenvalue weighted by Crippen LogP contribution is -2.23. The van der Waals surface area contributed by atoms with Crippen LogP contribution in [0.15, 0.2) is 35.7 Å². The molecule has 0 amide bonds. The summed E-state index contributed by atoms with van der Waals surface area (Å²) in [6.45, 7) is 3.82. The second kappa shape index (κ2) is 8.32. The standard InChI is InChI=1S/C17H21N5O4/c1-13-10-21(12-19-13)6-2-5-18-17(11-22(23)24)20-14-3-4-15-16(9-14)26-8-7-25-15/h3-4,9-10,12H,2,5-8,11H2,1H3,(H,18,20). The van der Waals surface area contributed by atoms with Gasteiger partial charge in [-0.25, -0.2) is 4.98 Å². The third-order valence-electron chi connectivity index (χ3n) is 3.75. The highest BCUT2D eigenvalue weighted by atomic mass is 16.6. The van der Waals surface area contributed by atoms with E-state index in [-0.39, 0.29) is 6.54 Å². The van der Waals surface area contributed by atoms with E-state index in [1.807, 2.05) is 17.7 Å². The molecule has 138 valence electrons. The number of amidine groups is 1. The summed E-state index contributed by atoms with van der Waals surface area (Å²) in [6.07, 6.45) is 4.49. The molecule has 0 atom stereocenters. The Morgan fingerprint density at radius 2 is 2.19 bits per heavy atom. The number of hydrogen-bond acceptors (Lipinski definition) is 6. The minimum absolute atomic E-state index is 0.313. The lowest BCUT2D eigenvalue weighted by Gasteiger charge is -2.19. The zero-order chi connectivity index (χ0) is 18.4. The molecule has 9 heteroatoms. The molecule has 2 aromatic rings. The first-order valence-corrected chi connectivity index (χ1v) is 8.40. The summed E-state index contributed by atoms with van der Waals surface area (Å²) < 4.78 is 13.0. The van der Waals surface area contributed by atoms with Gasteiger partial charge in [0.25, 0.3) is 6.54 Å². The molecule has 0 unspecified atom stereocenters. The number of anilines is 1. The van der Waals surface area contributed by atoms with E-state index in [1.54, 1.807) is 24.5 Å². The summed E-state index contributed by atoms with van der Waals surface area (Å²) >= 11 is 0. The number of nitrogens with zero attached hydrogens (tertiary/aromatic N) is 4. The number of aryl methyl sites for hydroxylation is 2. The van der Waals surface area contributed by atoms with E-state index in [2.05, 4.69) is 15.3 Å². The van der Waals surface area contributed by atoms with Crippen molar-refractivity contribution < 1.29 is 14.4 Å². The largest absolute Gasteiger partial charge is 0.486 e. The Morgan fingerprint density at radius 1 is 1.38 bits per heavy atom. The van der Waals surface area contributed by atoms with Crippen molar-refractivity contribution in [3.8, 4) is 11.5 Å². The quantitative estimate of drug-likeness (QED) is 0.267. The first-order chi connectivity index (χ1) is 12.6.